The number of alkyl halides is 1. The molecule has 0 N–H and O–H groups in total. The summed E-state index contributed by atoms with van der Waals surface area (Å²) >= 11 is 0. The second kappa shape index (κ2) is 9.58. The van der Waals surface area contributed by atoms with Crippen LogP contribution in [0.2, 0.25) is 0 Å². The molecule has 2 aromatic heterocycles. The Morgan fingerprint density at radius 3 is 2.90 bits per heavy atom. The maximum absolute atomic E-state index is 14.7. The van der Waals surface area contributed by atoms with Gasteiger partial charge in [0.05, 0.1) is 12.5 Å². The minimum Gasteiger partial charge on any atom is -0.496 e. The van der Waals surface area contributed by atoms with Crippen molar-refractivity contribution in [1.82, 2.24) is 14.9 Å². The number of aryl methyl sites for hydroxylation is 1. The molecule has 2 aromatic rings. The van der Waals surface area contributed by atoms with Gasteiger partial charge in [-0.1, -0.05) is 6.42 Å². The molecule has 1 aliphatic heterocycles. The van der Waals surface area contributed by atoms with Crippen LogP contribution in [-0.4, -0.2) is 52.9 Å². The zero-order chi connectivity index (χ0) is 21.7. The molecule has 2 unspecified atom stereocenters. The number of amides is 1. The van der Waals surface area contributed by atoms with Crippen molar-refractivity contribution in [2.45, 2.75) is 64.6 Å². The number of pyridine rings is 2. The number of rotatable bonds is 7. The average molecular weight is 418 g/mol. The summed E-state index contributed by atoms with van der Waals surface area (Å²) in [6, 6.07) is 5.74. The lowest BCUT2D eigenvalue weighted by atomic mass is 9.97. The van der Waals surface area contributed by atoms with E-state index in [0.29, 0.717) is 31.6 Å². The van der Waals surface area contributed by atoms with E-state index in [9.17, 15) is 9.18 Å². The molecule has 0 aliphatic carbocycles. The van der Waals surface area contributed by atoms with Crippen LogP contribution in [0.4, 0.5) is 9.18 Å². The Balaban J connectivity index is 1.45. The molecule has 0 bridgehead atoms. The first kappa shape index (κ1) is 22.2. The van der Waals surface area contributed by atoms with Gasteiger partial charge in [0.2, 0.25) is 0 Å². The van der Waals surface area contributed by atoms with E-state index in [-0.39, 0.29) is 12.0 Å². The molecule has 0 saturated carbocycles. The Hall–Kier alpha value is -2.44. The summed E-state index contributed by atoms with van der Waals surface area (Å²) in [5.41, 5.74) is 1.05. The second-order valence-corrected chi connectivity index (χ2v) is 8.93. The molecule has 0 aromatic carbocycles. The Morgan fingerprint density at radius 2 is 2.17 bits per heavy atom. The van der Waals surface area contributed by atoms with Crippen molar-refractivity contribution < 1.29 is 18.7 Å². The van der Waals surface area contributed by atoms with Crippen LogP contribution >= 0.6 is 0 Å². The van der Waals surface area contributed by atoms with Gasteiger partial charge < -0.3 is 14.4 Å². The van der Waals surface area contributed by atoms with Gasteiger partial charge in [-0.3, -0.25) is 0 Å². The van der Waals surface area contributed by atoms with Crippen molar-refractivity contribution >= 4 is 17.1 Å². The van der Waals surface area contributed by atoms with Gasteiger partial charge in [-0.2, -0.15) is 0 Å². The first-order valence-electron chi connectivity index (χ1n) is 10.7. The second-order valence-electron chi connectivity index (χ2n) is 8.93. The minimum absolute atomic E-state index is 0.111. The summed E-state index contributed by atoms with van der Waals surface area (Å²) in [6.45, 7) is 6.52. The number of ether oxygens (including phenoxy) is 2. The third-order valence-electron chi connectivity index (χ3n) is 5.37. The monoisotopic (exact) mass is 417 g/mol. The van der Waals surface area contributed by atoms with E-state index < -0.39 is 11.8 Å². The third-order valence-corrected chi connectivity index (χ3v) is 5.37. The number of unbranched alkanes of at least 4 members (excludes halogenated alkanes) is 1. The number of carbonyl (C=O) groups excluding carboxylic acids is 1. The van der Waals surface area contributed by atoms with Crippen molar-refractivity contribution in [3.63, 3.8) is 0 Å². The van der Waals surface area contributed by atoms with E-state index in [2.05, 4.69) is 9.97 Å². The van der Waals surface area contributed by atoms with Gasteiger partial charge in [-0.15, -0.1) is 0 Å². The standard InChI is InChI=1S/C23H32FN3O3/c1-23(2,3)30-22(28)27-13-11-16(15-27)19(24)10-6-5-8-17-14-20(29-4)18-9-7-12-25-21(18)26-17/h7,9,12,14,16,19H,5-6,8,10-11,13,15H2,1-4H3. The van der Waals surface area contributed by atoms with Crippen LogP contribution in [0.1, 0.15) is 52.1 Å². The Bertz CT molecular complexity index is 868. The molecule has 2 atom stereocenters. The van der Waals surface area contributed by atoms with Gasteiger partial charge in [0.1, 0.15) is 17.5 Å². The zero-order valence-corrected chi connectivity index (χ0v) is 18.4. The highest BCUT2D eigenvalue weighted by Gasteiger charge is 2.33. The largest absolute Gasteiger partial charge is 0.496 e. The average Bonchev–Trinajstić information content (AvgIpc) is 3.20. The van der Waals surface area contributed by atoms with Crippen molar-refractivity contribution in [3.8, 4) is 5.75 Å². The number of nitrogens with zero attached hydrogens (tertiary/aromatic N) is 3. The first-order valence-corrected chi connectivity index (χ1v) is 10.7. The molecule has 7 heteroatoms. The van der Waals surface area contributed by atoms with E-state index in [4.69, 9.17) is 9.47 Å². The van der Waals surface area contributed by atoms with Crippen LogP contribution in [-0.2, 0) is 11.2 Å². The van der Waals surface area contributed by atoms with Gasteiger partial charge in [-0.25, -0.2) is 19.2 Å². The van der Waals surface area contributed by atoms with E-state index in [1.54, 1.807) is 18.2 Å². The molecule has 1 aliphatic rings. The SMILES string of the molecule is COc1cc(CCCCC(F)C2CCN(C(=O)OC(C)(C)C)C2)nc2ncccc12. The van der Waals surface area contributed by atoms with Gasteiger partial charge in [0, 0.05) is 37.0 Å². The van der Waals surface area contributed by atoms with Crippen molar-refractivity contribution in [2.24, 2.45) is 5.92 Å². The number of carbonyl (C=O) groups is 1. The normalized spacial score (nSPS) is 17.9. The summed E-state index contributed by atoms with van der Waals surface area (Å²) < 4.78 is 25.6. The molecule has 3 rings (SSSR count). The zero-order valence-electron chi connectivity index (χ0n) is 18.4. The predicted molar refractivity (Wildman–Crippen MR) is 114 cm³/mol. The van der Waals surface area contributed by atoms with E-state index >= 15 is 0 Å². The molecule has 1 amide bonds. The van der Waals surface area contributed by atoms with Crippen molar-refractivity contribution in [1.29, 1.82) is 0 Å². The molecule has 3 heterocycles. The summed E-state index contributed by atoms with van der Waals surface area (Å²) in [4.78, 5) is 22.7. The number of hydrogen-bond donors (Lipinski definition) is 0. The molecular weight excluding hydrogens is 385 g/mol. The third kappa shape index (κ3) is 5.80. The molecule has 30 heavy (non-hydrogen) atoms. The van der Waals surface area contributed by atoms with Crippen LogP contribution in [0.3, 0.4) is 0 Å². The van der Waals surface area contributed by atoms with Gasteiger partial charge in [-0.05, 0) is 58.6 Å². The lowest BCUT2D eigenvalue weighted by Gasteiger charge is -2.24. The van der Waals surface area contributed by atoms with E-state index in [0.717, 1.165) is 36.1 Å². The van der Waals surface area contributed by atoms with E-state index in [1.807, 2.05) is 39.0 Å². The van der Waals surface area contributed by atoms with Gasteiger partial charge >= 0.3 is 6.09 Å². The number of likely N-dealkylation sites (tertiary alicyclic amines) is 1. The molecule has 1 saturated heterocycles. The van der Waals surface area contributed by atoms with Crippen LogP contribution in [0.25, 0.3) is 11.0 Å². The highest BCUT2D eigenvalue weighted by Crippen LogP contribution is 2.28. The van der Waals surface area contributed by atoms with Crippen LogP contribution in [0.5, 0.6) is 5.75 Å². The lowest BCUT2D eigenvalue weighted by molar-refractivity contribution is 0.0280. The topological polar surface area (TPSA) is 64.5 Å². The quantitative estimate of drug-likeness (QED) is 0.597. The fourth-order valence-corrected chi connectivity index (χ4v) is 3.83. The van der Waals surface area contributed by atoms with Crippen LogP contribution < -0.4 is 4.74 Å². The molecule has 1 fully saturated rings. The van der Waals surface area contributed by atoms with Crippen molar-refractivity contribution in [2.75, 3.05) is 20.2 Å². The number of hydrogen-bond acceptors (Lipinski definition) is 5. The maximum atomic E-state index is 14.7. The van der Waals surface area contributed by atoms with Crippen LogP contribution in [0, 0.1) is 5.92 Å². The molecule has 164 valence electrons. The highest BCUT2D eigenvalue weighted by molar-refractivity contribution is 5.81. The predicted octanol–water partition coefficient (Wildman–Crippen LogP) is 4.95. The van der Waals surface area contributed by atoms with Crippen LogP contribution in [0.15, 0.2) is 24.4 Å². The minimum atomic E-state index is -0.904. The number of aromatic nitrogens is 2. The van der Waals surface area contributed by atoms with Gasteiger partial charge in [0.25, 0.3) is 0 Å². The fraction of sp³-hybridized carbons (Fsp3) is 0.609. The van der Waals surface area contributed by atoms with Crippen molar-refractivity contribution in [3.05, 3.63) is 30.1 Å². The smallest absolute Gasteiger partial charge is 0.410 e. The Morgan fingerprint density at radius 1 is 1.37 bits per heavy atom. The summed E-state index contributed by atoms with van der Waals surface area (Å²) in [7, 11) is 1.64. The highest BCUT2D eigenvalue weighted by atomic mass is 19.1. The lowest BCUT2D eigenvalue weighted by Crippen LogP contribution is -2.36. The van der Waals surface area contributed by atoms with E-state index in [1.165, 1.54) is 0 Å². The Kier molecular flexibility index (Phi) is 7.10. The summed E-state index contributed by atoms with van der Waals surface area (Å²) in [6.07, 6.45) is 4.02. The molecule has 0 radical (unpaired) electrons. The molecule has 6 nitrogen and oxygen atoms in total. The summed E-state index contributed by atoms with van der Waals surface area (Å²) in [5, 5.41) is 0.892. The fourth-order valence-electron chi connectivity index (χ4n) is 3.83. The van der Waals surface area contributed by atoms with Gasteiger partial charge in [0.15, 0.2) is 5.65 Å². The first-order chi connectivity index (χ1) is 14.3. The molecular formula is C23H32FN3O3. The number of fused-ring (bicyclic) bond motifs is 1. The number of halogens is 1. The maximum Gasteiger partial charge on any atom is 0.410 e. The number of methoxy groups -OCH3 is 1. The Labute approximate surface area is 177 Å². The molecule has 0 spiro atoms. The summed E-state index contributed by atoms with van der Waals surface area (Å²) in [5.74, 6) is 0.653.